The summed E-state index contributed by atoms with van der Waals surface area (Å²) in [5.74, 6) is -6.84. The van der Waals surface area contributed by atoms with Crippen molar-refractivity contribution < 1.29 is 34.3 Å². The van der Waals surface area contributed by atoms with Gasteiger partial charge in [0.15, 0.2) is 0 Å². The van der Waals surface area contributed by atoms with Crippen LogP contribution in [-0.2, 0) is 16.7 Å². The van der Waals surface area contributed by atoms with Crippen molar-refractivity contribution in [1.82, 2.24) is 5.32 Å². The summed E-state index contributed by atoms with van der Waals surface area (Å²) in [4.78, 5) is 11.0. The highest BCUT2D eigenvalue weighted by atomic mass is 19.1. The van der Waals surface area contributed by atoms with Crippen LogP contribution in [0.15, 0.2) is 48.5 Å². The maximum atomic E-state index is 13.2. The molecule has 140 valence electrons. The Labute approximate surface area is 148 Å². The summed E-state index contributed by atoms with van der Waals surface area (Å²) in [6.07, 6.45) is 0. The van der Waals surface area contributed by atoms with Gasteiger partial charge in [-0.15, -0.1) is 0 Å². The molecule has 0 fully saturated rings. The Bertz CT molecular complexity index is 779. The van der Waals surface area contributed by atoms with Gasteiger partial charge in [-0.25, -0.2) is 4.39 Å². The van der Waals surface area contributed by atoms with Crippen molar-refractivity contribution in [2.75, 3.05) is 0 Å². The lowest BCUT2D eigenvalue weighted by molar-refractivity contribution is -0.304. The monoisotopic (exact) mass is 366 g/mol. The van der Waals surface area contributed by atoms with Gasteiger partial charge in [0, 0.05) is 5.56 Å². The Morgan fingerprint density at radius 2 is 1.73 bits per heavy atom. The quantitative estimate of drug-likeness (QED) is 0.364. The van der Waals surface area contributed by atoms with Crippen molar-refractivity contribution in [2.24, 2.45) is 5.73 Å². The summed E-state index contributed by atoms with van der Waals surface area (Å²) in [6.45, 7) is 1.35. The van der Waals surface area contributed by atoms with E-state index >= 15 is 0 Å². The van der Waals surface area contributed by atoms with Crippen LogP contribution in [0.5, 0.6) is 5.75 Å². The van der Waals surface area contributed by atoms with Crippen molar-refractivity contribution in [2.45, 2.75) is 24.8 Å². The average molecular weight is 366 g/mol. The van der Waals surface area contributed by atoms with E-state index in [4.69, 9.17) is 10.5 Å². The number of nitrogens with one attached hydrogen (secondary N) is 1. The minimum atomic E-state index is -2.79. The molecule has 2 aromatic carbocycles. The normalized spacial score (nSPS) is 13.3. The number of benzene rings is 2. The van der Waals surface area contributed by atoms with Gasteiger partial charge in [-0.1, -0.05) is 6.07 Å². The van der Waals surface area contributed by atoms with Gasteiger partial charge >= 0.3 is 5.97 Å². The van der Waals surface area contributed by atoms with Crippen molar-refractivity contribution in [3.05, 3.63) is 65.5 Å². The molecule has 0 aliphatic carbocycles. The van der Waals surface area contributed by atoms with Gasteiger partial charge in [-0.3, -0.25) is 10.1 Å². The van der Waals surface area contributed by atoms with E-state index in [1.54, 1.807) is 0 Å². The lowest BCUT2D eigenvalue weighted by Gasteiger charge is -2.27. The van der Waals surface area contributed by atoms with Crippen LogP contribution < -0.4 is 15.8 Å². The number of primary amides is 1. The van der Waals surface area contributed by atoms with Crippen LogP contribution in [0.1, 0.15) is 18.1 Å². The number of carbonyl (C=O) groups excluding carboxylic acids is 1. The fraction of sp³-hybridized carbons (Fsp3) is 0.235. The second-order valence-electron chi connectivity index (χ2n) is 5.69. The summed E-state index contributed by atoms with van der Waals surface area (Å²) in [5.41, 5.74) is 4.78. The summed E-state index contributed by atoms with van der Waals surface area (Å²) < 4.78 is 18.2. The third-order valence-corrected chi connectivity index (χ3v) is 3.56. The Balaban J connectivity index is 2.15. The van der Waals surface area contributed by atoms with Gasteiger partial charge < -0.3 is 30.9 Å². The van der Waals surface area contributed by atoms with Crippen LogP contribution in [0, 0.1) is 5.82 Å². The van der Waals surface area contributed by atoms with E-state index < -0.39 is 29.7 Å². The highest BCUT2D eigenvalue weighted by molar-refractivity contribution is 5.79. The zero-order valence-corrected chi connectivity index (χ0v) is 13.8. The van der Waals surface area contributed by atoms with Crippen LogP contribution >= 0.6 is 0 Å². The number of hydrogen-bond donors (Lipinski definition) is 6. The van der Waals surface area contributed by atoms with Gasteiger partial charge in [-0.05, 0) is 49.4 Å². The topological polar surface area (TPSA) is 145 Å². The highest BCUT2D eigenvalue weighted by Crippen LogP contribution is 2.26. The van der Waals surface area contributed by atoms with Crippen molar-refractivity contribution in [3.63, 3.8) is 0 Å². The largest absolute Gasteiger partial charge is 0.436 e. The average Bonchev–Trinajstić information content (AvgIpc) is 2.54. The molecule has 0 saturated heterocycles. The van der Waals surface area contributed by atoms with Crippen LogP contribution in [0.3, 0.4) is 0 Å². The standard InChI is InChI=1S/C17H19FN2O6/c1-10(15(19)21)20-16(22,23)11-5-7-14(8-6-11)26-17(24,25)12-3-2-4-13(18)9-12/h2-10,20,22-25H,1H3,(H2,19,21)/t10-/m0/s1. The number of rotatable bonds is 7. The molecular formula is C17H19FN2O6. The molecule has 0 aliphatic heterocycles. The van der Waals surface area contributed by atoms with Gasteiger partial charge in [0.2, 0.25) is 5.91 Å². The molecule has 0 aliphatic rings. The molecule has 26 heavy (non-hydrogen) atoms. The predicted octanol–water partition coefficient (Wildman–Crippen LogP) is -0.442. The number of amides is 1. The first kappa shape index (κ1) is 19.8. The smallest absolute Gasteiger partial charge is 0.351 e. The lowest BCUT2D eigenvalue weighted by atomic mass is 10.1. The van der Waals surface area contributed by atoms with Crippen LogP contribution in [-0.4, -0.2) is 32.4 Å². The molecule has 0 unspecified atom stereocenters. The van der Waals surface area contributed by atoms with Crippen LogP contribution in [0.25, 0.3) is 0 Å². The fourth-order valence-electron chi connectivity index (χ4n) is 2.13. The molecule has 0 spiro atoms. The molecule has 1 amide bonds. The third kappa shape index (κ3) is 4.75. The zero-order chi connectivity index (χ0) is 19.5. The summed E-state index contributed by atoms with van der Waals surface area (Å²) in [6, 6.07) is 8.47. The first-order valence-electron chi connectivity index (χ1n) is 7.53. The Morgan fingerprint density at radius 1 is 1.12 bits per heavy atom. The van der Waals surface area contributed by atoms with Gasteiger partial charge in [0.25, 0.3) is 5.91 Å². The van der Waals surface area contributed by atoms with E-state index in [2.05, 4.69) is 5.32 Å². The predicted molar refractivity (Wildman–Crippen MR) is 87.5 cm³/mol. The number of ether oxygens (including phenoxy) is 1. The minimum Gasteiger partial charge on any atom is -0.436 e. The molecule has 1 atom stereocenters. The SMILES string of the molecule is C[C@H](NC(O)(O)c1ccc(OC(O)(O)c2cccc(F)c2)cc1)C(N)=O. The maximum absolute atomic E-state index is 13.2. The Hall–Kier alpha value is -2.56. The zero-order valence-electron chi connectivity index (χ0n) is 13.8. The van der Waals surface area contributed by atoms with Crippen LogP contribution in [0.2, 0.25) is 0 Å². The van der Waals surface area contributed by atoms with E-state index in [1.807, 2.05) is 0 Å². The molecule has 2 aromatic rings. The maximum Gasteiger partial charge on any atom is 0.351 e. The van der Waals surface area contributed by atoms with E-state index in [0.29, 0.717) is 0 Å². The Kier molecular flexibility index (Phi) is 5.59. The lowest BCUT2D eigenvalue weighted by Crippen LogP contribution is -2.51. The van der Waals surface area contributed by atoms with Crippen molar-refractivity contribution >= 4 is 5.91 Å². The molecule has 0 aromatic heterocycles. The second-order valence-corrected chi connectivity index (χ2v) is 5.69. The molecule has 8 nitrogen and oxygen atoms in total. The molecule has 7 N–H and O–H groups in total. The molecule has 0 radical (unpaired) electrons. The second kappa shape index (κ2) is 7.36. The number of nitrogens with two attached hydrogens (primary N) is 1. The van der Waals surface area contributed by atoms with Crippen molar-refractivity contribution in [1.29, 1.82) is 0 Å². The molecule has 0 saturated carbocycles. The highest BCUT2D eigenvalue weighted by Gasteiger charge is 2.31. The first-order chi connectivity index (χ1) is 12.0. The molecule has 0 bridgehead atoms. The van der Waals surface area contributed by atoms with E-state index in [9.17, 15) is 29.6 Å². The summed E-state index contributed by atoms with van der Waals surface area (Å²) in [7, 11) is 0. The van der Waals surface area contributed by atoms with Gasteiger partial charge in [-0.2, -0.15) is 0 Å². The molecular weight excluding hydrogens is 347 g/mol. The number of halogens is 1. The minimum absolute atomic E-state index is 0.0400. The third-order valence-electron chi connectivity index (χ3n) is 3.56. The first-order valence-corrected chi connectivity index (χ1v) is 7.53. The molecule has 0 heterocycles. The number of hydrogen-bond acceptors (Lipinski definition) is 7. The van der Waals surface area contributed by atoms with Gasteiger partial charge in [0.05, 0.1) is 11.6 Å². The number of aliphatic hydroxyl groups is 4. The van der Waals surface area contributed by atoms with E-state index in [1.165, 1.54) is 43.3 Å². The molecule has 9 heteroatoms. The summed E-state index contributed by atoms with van der Waals surface area (Å²) >= 11 is 0. The Morgan fingerprint density at radius 3 is 2.27 bits per heavy atom. The van der Waals surface area contributed by atoms with Crippen LogP contribution in [0.4, 0.5) is 4.39 Å². The summed E-state index contributed by atoms with van der Waals surface area (Å²) in [5, 5.41) is 42.2. The molecule has 2 rings (SSSR count). The van der Waals surface area contributed by atoms with E-state index in [0.717, 1.165) is 12.1 Å². The van der Waals surface area contributed by atoms with E-state index in [-0.39, 0.29) is 16.9 Å². The van der Waals surface area contributed by atoms with Crippen molar-refractivity contribution in [3.8, 4) is 5.75 Å². The fourth-order valence-corrected chi connectivity index (χ4v) is 2.13. The van der Waals surface area contributed by atoms with Gasteiger partial charge in [0.1, 0.15) is 11.6 Å². The number of carbonyl (C=O) groups is 1.